The average molecular weight is 341 g/mol. The van der Waals surface area contributed by atoms with E-state index in [1.165, 1.54) is 4.90 Å². The molecule has 0 saturated heterocycles. The first-order chi connectivity index (χ1) is 12.4. The van der Waals surface area contributed by atoms with E-state index < -0.39 is 0 Å². The minimum Gasteiger partial charge on any atom is -0.297 e. The van der Waals surface area contributed by atoms with Crippen LogP contribution >= 0.6 is 11.8 Å². The molecule has 0 fully saturated rings. The zero-order valence-corrected chi connectivity index (χ0v) is 14.5. The first-order valence-electron chi connectivity index (χ1n) is 7.90. The Labute approximate surface area is 150 Å². The maximum atomic E-state index is 4.75. The maximum absolute atomic E-state index is 4.75. The molecule has 3 heterocycles. The lowest BCUT2D eigenvalue weighted by molar-refractivity contribution is 1.13. The van der Waals surface area contributed by atoms with Crippen molar-refractivity contribution in [3.63, 3.8) is 0 Å². The van der Waals surface area contributed by atoms with Crippen LogP contribution in [0, 0.1) is 11.8 Å². The molecular weight excluding hydrogens is 326 g/mol. The van der Waals surface area contributed by atoms with Gasteiger partial charge in [-0.3, -0.25) is 9.38 Å². The number of pyridine rings is 2. The van der Waals surface area contributed by atoms with Gasteiger partial charge in [-0.2, -0.15) is 0 Å². The van der Waals surface area contributed by atoms with Crippen molar-refractivity contribution in [1.29, 1.82) is 0 Å². The summed E-state index contributed by atoms with van der Waals surface area (Å²) in [5, 5.41) is 0. The highest BCUT2D eigenvalue weighted by Crippen LogP contribution is 2.22. The monoisotopic (exact) mass is 341 g/mol. The lowest BCUT2D eigenvalue weighted by Gasteiger charge is -1.99. The summed E-state index contributed by atoms with van der Waals surface area (Å²) in [6.45, 7) is 0. The van der Waals surface area contributed by atoms with Crippen molar-refractivity contribution in [2.24, 2.45) is 0 Å². The topological polar surface area (TPSA) is 30.2 Å². The van der Waals surface area contributed by atoms with Crippen molar-refractivity contribution in [2.75, 3.05) is 6.26 Å². The van der Waals surface area contributed by atoms with Crippen LogP contribution in [0.15, 0.2) is 78.0 Å². The first kappa shape index (κ1) is 15.5. The van der Waals surface area contributed by atoms with E-state index in [1.54, 1.807) is 18.0 Å². The van der Waals surface area contributed by atoms with Crippen LogP contribution in [0.1, 0.15) is 11.3 Å². The predicted octanol–water partition coefficient (Wildman–Crippen LogP) is 4.52. The van der Waals surface area contributed by atoms with Gasteiger partial charge in [0.1, 0.15) is 11.4 Å². The van der Waals surface area contributed by atoms with Gasteiger partial charge in [-0.15, -0.1) is 11.8 Å². The Kier molecular flexibility index (Phi) is 4.24. The number of aromatic nitrogens is 3. The zero-order chi connectivity index (χ0) is 17.1. The highest BCUT2D eigenvalue weighted by atomic mass is 32.2. The second-order valence-corrected chi connectivity index (χ2v) is 6.25. The van der Waals surface area contributed by atoms with Crippen LogP contribution in [0.2, 0.25) is 0 Å². The zero-order valence-electron chi connectivity index (χ0n) is 13.7. The van der Waals surface area contributed by atoms with Gasteiger partial charge >= 0.3 is 0 Å². The molecule has 4 rings (SSSR count). The van der Waals surface area contributed by atoms with Crippen molar-refractivity contribution >= 4 is 17.3 Å². The average Bonchev–Trinajstić information content (AvgIpc) is 3.06. The van der Waals surface area contributed by atoms with E-state index in [2.05, 4.69) is 29.1 Å². The van der Waals surface area contributed by atoms with Crippen LogP contribution < -0.4 is 0 Å². The Bertz CT molecular complexity index is 1090. The molecule has 120 valence electrons. The van der Waals surface area contributed by atoms with Gasteiger partial charge in [-0.25, -0.2) is 4.98 Å². The molecule has 4 heteroatoms. The Hall–Kier alpha value is -3.03. The quantitative estimate of drug-likeness (QED) is 0.397. The Morgan fingerprint density at radius 3 is 2.60 bits per heavy atom. The molecular formula is C21H15N3S. The standard InChI is InChI=1S/C21H15N3S/c1-25-20-11-3-2-8-16(20)12-13-17-19-10-5-7-15-24(19)21(23-17)18-9-4-6-14-22-18/h2-11,14-15H,1H3. The molecule has 3 nitrogen and oxygen atoms in total. The number of rotatable bonds is 2. The summed E-state index contributed by atoms with van der Waals surface area (Å²) >= 11 is 1.70. The van der Waals surface area contributed by atoms with Crippen LogP contribution in [-0.4, -0.2) is 20.6 Å². The first-order valence-corrected chi connectivity index (χ1v) is 9.13. The number of nitrogens with zero attached hydrogens (tertiary/aromatic N) is 3. The van der Waals surface area contributed by atoms with Crippen LogP contribution in [0.3, 0.4) is 0 Å². The van der Waals surface area contributed by atoms with Crippen molar-refractivity contribution in [1.82, 2.24) is 14.4 Å². The van der Waals surface area contributed by atoms with Crippen molar-refractivity contribution in [2.45, 2.75) is 4.90 Å². The second kappa shape index (κ2) is 6.84. The SMILES string of the molecule is CSc1ccccc1C#Cc1nc(-c2ccccn2)n2ccccc12. The fraction of sp³-hybridized carbons (Fsp3) is 0.0476. The third-order valence-electron chi connectivity index (χ3n) is 3.86. The molecule has 0 atom stereocenters. The fourth-order valence-electron chi connectivity index (χ4n) is 2.68. The molecule has 0 bridgehead atoms. The molecule has 0 unspecified atom stereocenters. The van der Waals surface area contributed by atoms with Gasteiger partial charge in [0.25, 0.3) is 0 Å². The Morgan fingerprint density at radius 2 is 1.76 bits per heavy atom. The molecule has 0 spiro atoms. The van der Waals surface area contributed by atoms with Gasteiger partial charge in [-0.1, -0.05) is 30.2 Å². The second-order valence-electron chi connectivity index (χ2n) is 5.41. The van der Waals surface area contributed by atoms with Gasteiger partial charge in [0.2, 0.25) is 0 Å². The van der Waals surface area contributed by atoms with Crippen LogP contribution in [0.4, 0.5) is 0 Å². The van der Waals surface area contributed by atoms with E-state index >= 15 is 0 Å². The molecule has 0 saturated carbocycles. The minimum atomic E-state index is 0.761. The molecule has 4 aromatic rings. The minimum absolute atomic E-state index is 0.761. The van der Waals surface area contributed by atoms with Crippen molar-refractivity contribution in [3.8, 4) is 23.4 Å². The Morgan fingerprint density at radius 1 is 0.920 bits per heavy atom. The number of hydrogen-bond acceptors (Lipinski definition) is 3. The summed E-state index contributed by atoms with van der Waals surface area (Å²) in [7, 11) is 0. The number of fused-ring (bicyclic) bond motifs is 1. The molecule has 0 radical (unpaired) electrons. The third-order valence-corrected chi connectivity index (χ3v) is 4.66. The highest BCUT2D eigenvalue weighted by Gasteiger charge is 2.11. The number of benzene rings is 1. The highest BCUT2D eigenvalue weighted by molar-refractivity contribution is 7.98. The molecule has 0 N–H and O–H groups in total. The molecule has 0 aliphatic rings. The lowest BCUT2D eigenvalue weighted by atomic mass is 10.2. The van der Waals surface area contributed by atoms with Gasteiger partial charge in [-0.05, 0) is 48.6 Å². The summed E-state index contributed by atoms with van der Waals surface area (Å²) in [5.74, 6) is 7.32. The van der Waals surface area contributed by atoms with E-state index in [-0.39, 0.29) is 0 Å². The lowest BCUT2D eigenvalue weighted by Crippen LogP contribution is -1.90. The predicted molar refractivity (Wildman–Crippen MR) is 103 cm³/mol. The van der Waals surface area contributed by atoms with Crippen molar-refractivity contribution < 1.29 is 0 Å². The van der Waals surface area contributed by atoms with E-state index in [1.807, 2.05) is 65.2 Å². The smallest absolute Gasteiger partial charge is 0.164 e. The molecule has 3 aromatic heterocycles. The molecule has 1 aromatic carbocycles. The summed E-state index contributed by atoms with van der Waals surface area (Å²) in [4.78, 5) is 10.3. The summed E-state index contributed by atoms with van der Waals surface area (Å²) < 4.78 is 2.03. The van der Waals surface area contributed by atoms with Crippen LogP contribution in [0.5, 0.6) is 0 Å². The van der Waals surface area contributed by atoms with E-state index in [0.717, 1.165) is 28.3 Å². The van der Waals surface area contributed by atoms with E-state index in [0.29, 0.717) is 0 Å². The van der Waals surface area contributed by atoms with E-state index in [4.69, 9.17) is 4.98 Å². The number of hydrogen-bond donors (Lipinski definition) is 0. The summed E-state index contributed by atoms with van der Waals surface area (Å²) in [5.41, 5.74) is 3.60. The number of imidazole rings is 1. The number of thioether (sulfide) groups is 1. The molecule has 0 amide bonds. The van der Waals surface area contributed by atoms with Crippen LogP contribution in [-0.2, 0) is 0 Å². The van der Waals surface area contributed by atoms with Gasteiger partial charge in [0.05, 0.1) is 5.52 Å². The summed E-state index contributed by atoms with van der Waals surface area (Å²) in [6.07, 6.45) is 5.83. The maximum Gasteiger partial charge on any atom is 0.164 e. The van der Waals surface area contributed by atoms with Gasteiger partial charge < -0.3 is 0 Å². The Balaban J connectivity index is 1.86. The molecule has 25 heavy (non-hydrogen) atoms. The van der Waals surface area contributed by atoms with Gasteiger partial charge in [0.15, 0.2) is 5.82 Å². The van der Waals surface area contributed by atoms with Crippen LogP contribution in [0.25, 0.3) is 17.0 Å². The third kappa shape index (κ3) is 3.02. The van der Waals surface area contributed by atoms with E-state index in [9.17, 15) is 0 Å². The molecule has 0 aliphatic heterocycles. The molecule has 0 aliphatic carbocycles. The van der Waals surface area contributed by atoms with Crippen molar-refractivity contribution in [3.05, 3.63) is 84.3 Å². The fourth-order valence-corrected chi connectivity index (χ4v) is 3.23. The normalized spacial score (nSPS) is 10.4. The summed E-state index contributed by atoms with van der Waals surface area (Å²) in [6, 6.07) is 20.0. The largest absolute Gasteiger partial charge is 0.297 e. The van der Waals surface area contributed by atoms with Gasteiger partial charge in [0, 0.05) is 22.9 Å².